The summed E-state index contributed by atoms with van der Waals surface area (Å²) in [6, 6.07) is 0. The van der Waals surface area contributed by atoms with E-state index in [0.717, 1.165) is 6.42 Å². The van der Waals surface area contributed by atoms with Crippen LogP contribution in [-0.2, 0) is 0 Å². The molecule has 0 saturated carbocycles. The van der Waals surface area contributed by atoms with Crippen LogP contribution >= 0.6 is 0 Å². The Bertz CT molecular complexity index is 172. The van der Waals surface area contributed by atoms with E-state index in [9.17, 15) is 0 Å². The van der Waals surface area contributed by atoms with Gasteiger partial charge < -0.3 is 0 Å². The van der Waals surface area contributed by atoms with Crippen LogP contribution in [0.2, 0.25) is 0 Å². The van der Waals surface area contributed by atoms with E-state index in [4.69, 9.17) is 0 Å². The van der Waals surface area contributed by atoms with Gasteiger partial charge in [-0.25, -0.2) is 0 Å². The minimum absolute atomic E-state index is 0.963. The lowest BCUT2D eigenvalue weighted by Crippen LogP contribution is -1.75. The second-order valence-corrected chi connectivity index (χ2v) is 3.11. The molecule has 0 aromatic heterocycles. The van der Waals surface area contributed by atoms with Crippen molar-refractivity contribution in [3.8, 4) is 0 Å². The van der Waals surface area contributed by atoms with Gasteiger partial charge in [0.15, 0.2) is 0 Å². The van der Waals surface area contributed by atoms with Crippen molar-refractivity contribution in [2.75, 3.05) is 0 Å². The SMILES string of the molecule is [C]1=C/CCCCC/C=C\C=C\C/1. The highest BCUT2D eigenvalue weighted by molar-refractivity contribution is 5.03. The van der Waals surface area contributed by atoms with Gasteiger partial charge in [-0.3, -0.25) is 0 Å². The van der Waals surface area contributed by atoms with Crippen molar-refractivity contribution in [3.63, 3.8) is 0 Å². The minimum Gasteiger partial charge on any atom is -0.0845 e. The fraction of sp³-hybridized carbons (Fsp3) is 0.500. The molecule has 0 heteroatoms. The molecule has 1 aliphatic rings. The number of hydrogen-bond acceptors (Lipinski definition) is 0. The first-order valence-electron chi connectivity index (χ1n) is 4.87. The predicted octanol–water partition coefficient (Wildman–Crippen LogP) is 3.81. The maximum atomic E-state index is 3.26. The highest BCUT2D eigenvalue weighted by atomic mass is 13.9. The minimum atomic E-state index is 0.963. The number of allylic oxidation sites excluding steroid dienone is 6. The number of rotatable bonds is 0. The van der Waals surface area contributed by atoms with Gasteiger partial charge in [0.25, 0.3) is 0 Å². The van der Waals surface area contributed by atoms with Crippen molar-refractivity contribution >= 4 is 0 Å². The van der Waals surface area contributed by atoms with Crippen molar-refractivity contribution in [1.29, 1.82) is 0 Å². The molecule has 0 bridgehead atoms. The molecule has 0 aromatic carbocycles. The molecule has 0 nitrogen and oxygen atoms in total. The molecule has 0 N–H and O–H groups in total. The fourth-order valence-electron chi connectivity index (χ4n) is 1.26. The largest absolute Gasteiger partial charge is 0.0845 e. The van der Waals surface area contributed by atoms with Crippen LogP contribution < -0.4 is 0 Å². The summed E-state index contributed by atoms with van der Waals surface area (Å²) in [4.78, 5) is 0. The summed E-state index contributed by atoms with van der Waals surface area (Å²) in [5.74, 6) is 0. The predicted molar refractivity (Wildman–Crippen MR) is 53.8 cm³/mol. The summed E-state index contributed by atoms with van der Waals surface area (Å²) in [5.41, 5.74) is 0. The Hall–Kier alpha value is -0.780. The fourth-order valence-corrected chi connectivity index (χ4v) is 1.26. The van der Waals surface area contributed by atoms with Gasteiger partial charge in [-0.15, -0.1) is 0 Å². The van der Waals surface area contributed by atoms with E-state index < -0.39 is 0 Å². The molecule has 0 aromatic rings. The van der Waals surface area contributed by atoms with E-state index in [1.54, 1.807) is 0 Å². The topological polar surface area (TPSA) is 0 Å². The molecular weight excluding hydrogens is 144 g/mol. The Balaban J connectivity index is 2.31. The van der Waals surface area contributed by atoms with Gasteiger partial charge in [0, 0.05) is 0 Å². The van der Waals surface area contributed by atoms with Crippen LogP contribution in [-0.4, -0.2) is 0 Å². The van der Waals surface area contributed by atoms with E-state index in [1.807, 2.05) is 0 Å². The van der Waals surface area contributed by atoms with Crippen LogP contribution in [0.1, 0.15) is 38.5 Å². The molecule has 1 rings (SSSR count). The summed E-state index contributed by atoms with van der Waals surface area (Å²) in [7, 11) is 0. The Morgan fingerprint density at radius 1 is 0.833 bits per heavy atom. The molecular formula is C12H17. The van der Waals surface area contributed by atoms with E-state index in [2.05, 4.69) is 36.5 Å². The van der Waals surface area contributed by atoms with E-state index >= 15 is 0 Å². The monoisotopic (exact) mass is 161 g/mol. The van der Waals surface area contributed by atoms with Crippen molar-refractivity contribution in [3.05, 3.63) is 36.5 Å². The van der Waals surface area contributed by atoms with Crippen LogP contribution in [0.3, 0.4) is 0 Å². The molecule has 65 valence electrons. The van der Waals surface area contributed by atoms with Crippen molar-refractivity contribution in [1.82, 2.24) is 0 Å². The van der Waals surface area contributed by atoms with Crippen LogP contribution in [0, 0.1) is 6.08 Å². The van der Waals surface area contributed by atoms with Gasteiger partial charge in [-0.05, 0) is 38.2 Å². The summed E-state index contributed by atoms with van der Waals surface area (Å²) in [6.07, 6.45) is 21.5. The summed E-state index contributed by atoms with van der Waals surface area (Å²) in [6.45, 7) is 0. The van der Waals surface area contributed by atoms with Crippen molar-refractivity contribution < 1.29 is 0 Å². The standard InChI is InChI=1S/C12H17/c1-2-4-6-8-10-12-11-9-7-5-3-1/h1-4,10H,5-7,9,11-12H2/b3-1-,4-2+,10-8?. The third kappa shape index (κ3) is 4.95. The molecule has 0 aliphatic heterocycles. The molecule has 0 amide bonds. The average molecular weight is 161 g/mol. The second kappa shape index (κ2) is 6.90. The highest BCUT2D eigenvalue weighted by Crippen LogP contribution is 2.05. The highest BCUT2D eigenvalue weighted by Gasteiger charge is 1.86. The lowest BCUT2D eigenvalue weighted by molar-refractivity contribution is 0.695. The third-order valence-electron chi connectivity index (χ3n) is 1.98. The first-order valence-corrected chi connectivity index (χ1v) is 4.87. The lowest BCUT2D eigenvalue weighted by Gasteiger charge is -1.95. The zero-order valence-electron chi connectivity index (χ0n) is 7.63. The first kappa shape index (κ1) is 9.31. The molecule has 12 heavy (non-hydrogen) atoms. The summed E-state index contributed by atoms with van der Waals surface area (Å²) >= 11 is 0. The smallest absolute Gasteiger partial charge is 0.00948 e. The zero-order valence-corrected chi connectivity index (χ0v) is 7.63. The van der Waals surface area contributed by atoms with E-state index in [-0.39, 0.29) is 0 Å². The molecule has 0 atom stereocenters. The van der Waals surface area contributed by atoms with Gasteiger partial charge >= 0.3 is 0 Å². The molecule has 0 heterocycles. The van der Waals surface area contributed by atoms with Crippen LogP contribution in [0.15, 0.2) is 30.4 Å². The van der Waals surface area contributed by atoms with Gasteiger partial charge in [0.05, 0.1) is 0 Å². The van der Waals surface area contributed by atoms with Crippen molar-refractivity contribution in [2.24, 2.45) is 0 Å². The molecule has 0 fully saturated rings. The summed E-state index contributed by atoms with van der Waals surface area (Å²) in [5, 5.41) is 0. The maximum absolute atomic E-state index is 3.26. The molecule has 1 radical (unpaired) electrons. The molecule has 0 saturated heterocycles. The second-order valence-electron chi connectivity index (χ2n) is 3.11. The van der Waals surface area contributed by atoms with E-state index in [1.165, 1.54) is 32.1 Å². The van der Waals surface area contributed by atoms with Crippen LogP contribution in [0.4, 0.5) is 0 Å². The molecule has 1 aliphatic carbocycles. The van der Waals surface area contributed by atoms with Gasteiger partial charge in [-0.1, -0.05) is 36.8 Å². The first-order chi connectivity index (χ1) is 6.00. The van der Waals surface area contributed by atoms with Gasteiger partial charge in [-0.2, -0.15) is 0 Å². The molecule has 0 spiro atoms. The Kier molecular flexibility index (Phi) is 5.35. The lowest BCUT2D eigenvalue weighted by atomic mass is 10.1. The third-order valence-corrected chi connectivity index (χ3v) is 1.98. The van der Waals surface area contributed by atoms with Crippen molar-refractivity contribution in [2.45, 2.75) is 38.5 Å². The van der Waals surface area contributed by atoms with Crippen LogP contribution in [0.25, 0.3) is 0 Å². The maximum Gasteiger partial charge on any atom is -0.00948 e. The normalized spacial score (nSPS) is 28.0. The quantitative estimate of drug-likeness (QED) is 0.506. The van der Waals surface area contributed by atoms with Gasteiger partial charge in [0.1, 0.15) is 0 Å². The zero-order chi connectivity index (χ0) is 8.49. The molecule has 0 unspecified atom stereocenters. The van der Waals surface area contributed by atoms with E-state index in [0.29, 0.717) is 0 Å². The Labute approximate surface area is 75.7 Å². The van der Waals surface area contributed by atoms with Gasteiger partial charge in [0.2, 0.25) is 0 Å². The number of hydrogen-bond donors (Lipinski definition) is 0. The van der Waals surface area contributed by atoms with Crippen LogP contribution in [0.5, 0.6) is 0 Å². The Morgan fingerprint density at radius 2 is 1.67 bits per heavy atom. The summed E-state index contributed by atoms with van der Waals surface area (Å²) < 4.78 is 0. The average Bonchev–Trinajstić information content (AvgIpc) is 2.05. The Morgan fingerprint density at radius 3 is 2.67 bits per heavy atom.